The molecule has 2 fully saturated rings. The van der Waals surface area contributed by atoms with E-state index < -0.39 is 0 Å². The molecule has 1 aliphatic heterocycles. The van der Waals surface area contributed by atoms with Crippen molar-refractivity contribution in [3.63, 3.8) is 0 Å². The molecule has 7 nitrogen and oxygen atoms in total. The van der Waals surface area contributed by atoms with E-state index in [0.29, 0.717) is 12.4 Å². The standard InChI is InChI=1S/C23H33N5O2.HI/c1-24-22(25-16-20-17-30-21(27-20)19-8-4-2-5-9-19)26-18-23(10-6-3-7-11-23)28-12-14-29-15-13-28;/h2,4-5,8-9,17H,3,6-7,10-16,18H2,1H3,(H2,24,25,26);1H. The summed E-state index contributed by atoms with van der Waals surface area (Å²) in [5.41, 5.74) is 2.04. The van der Waals surface area contributed by atoms with Crippen molar-refractivity contribution in [2.45, 2.75) is 44.2 Å². The number of rotatable bonds is 6. The number of guanidine groups is 1. The van der Waals surface area contributed by atoms with Crippen LogP contribution in [0.1, 0.15) is 37.8 Å². The van der Waals surface area contributed by atoms with Gasteiger partial charge in [-0.05, 0) is 25.0 Å². The van der Waals surface area contributed by atoms with Gasteiger partial charge in [-0.1, -0.05) is 37.5 Å². The van der Waals surface area contributed by atoms with Crippen LogP contribution in [0.3, 0.4) is 0 Å². The molecule has 2 N–H and O–H groups in total. The molecule has 0 bridgehead atoms. The summed E-state index contributed by atoms with van der Waals surface area (Å²) in [5.74, 6) is 1.45. The molecule has 0 radical (unpaired) electrons. The Labute approximate surface area is 202 Å². The third-order valence-electron chi connectivity index (χ3n) is 6.28. The second kappa shape index (κ2) is 11.8. The van der Waals surface area contributed by atoms with Gasteiger partial charge in [-0.3, -0.25) is 9.89 Å². The van der Waals surface area contributed by atoms with Crippen molar-refractivity contribution < 1.29 is 9.15 Å². The highest BCUT2D eigenvalue weighted by Gasteiger charge is 2.38. The monoisotopic (exact) mass is 539 g/mol. The van der Waals surface area contributed by atoms with Gasteiger partial charge in [0.1, 0.15) is 6.26 Å². The van der Waals surface area contributed by atoms with E-state index in [-0.39, 0.29) is 29.5 Å². The van der Waals surface area contributed by atoms with Crippen molar-refractivity contribution in [1.82, 2.24) is 20.5 Å². The first-order chi connectivity index (χ1) is 14.8. The van der Waals surface area contributed by atoms with Gasteiger partial charge in [-0.15, -0.1) is 24.0 Å². The Bertz CT molecular complexity index is 814. The number of oxazole rings is 1. The lowest BCUT2D eigenvalue weighted by Gasteiger charge is -2.48. The summed E-state index contributed by atoms with van der Waals surface area (Å²) in [4.78, 5) is 11.6. The van der Waals surface area contributed by atoms with Gasteiger partial charge in [0, 0.05) is 37.8 Å². The average Bonchev–Trinajstić information content (AvgIpc) is 3.30. The molecule has 2 aromatic rings. The highest BCUT2D eigenvalue weighted by molar-refractivity contribution is 14.0. The second-order valence-electron chi connectivity index (χ2n) is 8.17. The van der Waals surface area contributed by atoms with E-state index in [0.717, 1.165) is 50.1 Å². The number of aliphatic imine (C=N–C) groups is 1. The van der Waals surface area contributed by atoms with Crippen LogP contribution >= 0.6 is 24.0 Å². The fourth-order valence-corrected chi connectivity index (χ4v) is 4.60. The number of halogens is 1. The molecule has 0 amide bonds. The molecular formula is C23H34IN5O2. The molecule has 1 saturated heterocycles. The van der Waals surface area contributed by atoms with Crippen molar-refractivity contribution in [2.75, 3.05) is 39.9 Å². The zero-order chi connectivity index (χ0) is 20.7. The molecule has 1 aromatic carbocycles. The smallest absolute Gasteiger partial charge is 0.226 e. The summed E-state index contributed by atoms with van der Waals surface area (Å²) >= 11 is 0. The van der Waals surface area contributed by atoms with E-state index in [9.17, 15) is 0 Å². The molecule has 1 aliphatic carbocycles. The van der Waals surface area contributed by atoms with E-state index in [1.165, 1.54) is 32.1 Å². The van der Waals surface area contributed by atoms with Gasteiger partial charge >= 0.3 is 0 Å². The molecule has 0 unspecified atom stereocenters. The maximum atomic E-state index is 5.64. The van der Waals surface area contributed by atoms with Gasteiger partial charge in [-0.2, -0.15) is 0 Å². The van der Waals surface area contributed by atoms with E-state index in [1.807, 2.05) is 37.4 Å². The normalized spacial score (nSPS) is 19.5. The van der Waals surface area contributed by atoms with E-state index in [2.05, 4.69) is 25.5 Å². The van der Waals surface area contributed by atoms with Crippen LogP contribution in [0.15, 0.2) is 46.0 Å². The van der Waals surface area contributed by atoms with Crippen LogP contribution in [-0.4, -0.2) is 61.3 Å². The third-order valence-corrected chi connectivity index (χ3v) is 6.28. The Morgan fingerprint density at radius 1 is 1.10 bits per heavy atom. The first kappa shape index (κ1) is 24.0. The van der Waals surface area contributed by atoms with Gasteiger partial charge in [0.25, 0.3) is 0 Å². The van der Waals surface area contributed by atoms with E-state index in [4.69, 9.17) is 9.15 Å². The molecule has 2 aliphatic rings. The van der Waals surface area contributed by atoms with Crippen LogP contribution in [0.2, 0.25) is 0 Å². The minimum Gasteiger partial charge on any atom is -0.444 e. The Morgan fingerprint density at radius 3 is 2.55 bits per heavy atom. The van der Waals surface area contributed by atoms with Gasteiger partial charge in [0.15, 0.2) is 5.96 Å². The Balaban J connectivity index is 0.00000272. The average molecular weight is 539 g/mol. The number of ether oxygens (including phenoxy) is 1. The summed E-state index contributed by atoms with van der Waals surface area (Å²) in [7, 11) is 1.82. The van der Waals surface area contributed by atoms with Gasteiger partial charge in [0.2, 0.25) is 5.89 Å². The molecule has 8 heteroatoms. The summed E-state index contributed by atoms with van der Waals surface area (Å²) in [5, 5.41) is 6.97. The molecule has 2 heterocycles. The second-order valence-corrected chi connectivity index (χ2v) is 8.17. The third kappa shape index (κ3) is 6.20. The minimum absolute atomic E-state index is 0. The Morgan fingerprint density at radius 2 is 1.84 bits per heavy atom. The van der Waals surface area contributed by atoms with E-state index in [1.54, 1.807) is 6.26 Å². The van der Waals surface area contributed by atoms with Gasteiger partial charge in [-0.25, -0.2) is 4.98 Å². The predicted octanol–water partition coefficient (Wildman–Crippen LogP) is 3.66. The highest BCUT2D eigenvalue weighted by atomic mass is 127. The number of nitrogens with zero attached hydrogens (tertiary/aromatic N) is 3. The van der Waals surface area contributed by atoms with Crippen LogP contribution in [-0.2, 0) is 11.3 Å². The summed E-state index contributed by atoms with van der Waals surface area (Å²) < 4.78 is 11.2. The van der Waals surface area contributed by atoms with Crippen LogP contribution < -0.4 is 10.6 Å². The van der Waals surface area contributed by atoms with Crippen molar-refractivity contribution >= 4 is 29.9 Å². The van der Waals surface area contributed by atoms with Crippen LogP contribution in [0.25, 0.3) is 11.5 Å². The molecule has 0 atom stereocenters. The quantitative estimate of drug-likeness (QED) is 0.332. The number of benzene rings is 1. The van der Waals surface area contributed by atoms with E-state index >= 15 is 0 Å². The summed E-state index contributed by atoms with van der Waals surface area (Å²) in [6, 6.07) is 9.95. The van der Waals surface area contributed by atoms with Crippen LogP contribution in [0.4, 0.5) is 0 Å². The largest absolute Gasteiger partial charge is 0.444 e. The first-order valence-electron chi connectivity index (χ1n) is 11.1. The summed E-state index contributed by atoms with van der Waals surface area (Å²) in [6.07, 6.45) is 8.12. The topological polar surface area (TPSA) is 74.9 Å². The predicted molar refractivity (Wildman–Crippen MR) is 134 cm³/mol. The SMILES string of the molecule is CN=C(NCc1coc(-c2ccccc2)n1)NCC1(N2CCOCC2)CCCCC1.I. The van der Waals surface area contributed by atoms with Gasteiger partial charge in [0.05, 0.1) is 25.5 Å². The number of aromatic nitrogens is 1. The number of hydrogen-bond acceptors (Lipinski definition) is 5. The molecule has 31 heavy (non-hydrogen) atoms. The fraction of sp³-hybridized carbons (Fsp3) is 0.565. The van der Waals surface area contributed by atoms with Crippen LogP contribution in [0, 0.1) is 0 Å². The zero-order valence-corrected chi connectivity index (χ0v) is 20.6. The minimum atomic E-state index is 0. The Kier molecular flexibility index (Phi) is 9.15. The molecular weight excluding hydrogens is 505 g/mol. The van der Waals surface area contributed by atoms with Crippen molar-refractivity contribution in [3.8, 4) is 11.5 Å². The Hall–Kier alpha value is -1.65. The zero-order valence-electron chi connectivity index (χ0n) is 18.3. The fourth-order valence-electron chi connectivity index (χ4n) is 4.60. The molecule has 170 valence electrons. The first-order valence-corrected chi connectivity index (χ1v) is 11.1. The van der Waals surface area contributed by atoms with Crippen molar-refractivity contribution in [2.24, 2.45) is 4.99 Å². The molecule has 4 rings (SSSR count). The molecule has 0 spiro atoms. The molecule has 1 saturated carbocycles. The number of hydrogen-bond donors (Lipinski definition) is 2. The highest BCUT2D eigenvalue weighted by Crippen LogP contribution is 2.33. The lowest BCUT2D eigenvalue weighted by atomic mass is 9.80. The maximum absolute atomic E-state index is 5.64. The lowest BCUT2D eigenvalue weighted by Crippen LogP contribution is -2.60. The lowest BCUT2D eigenvalue weighted by molar-refractivity contribution is -0.0352. The molecule has 1 aromatic heterocycles. The van der Waals surface area contributed by atoms with Crippen molar-refractivity contribution in [3.05, 3.63) is 42.3 Å². The summed E-state index contributed by atoms with van der Waals surface area (Å²) in [6.45, 7) is 5.19. The maximum Gasteiger partial charge on any atom is 0.226 e. The number of morpholine rings is 1. The van der Waals surface area contributed by atoms with Crippen molar-refractivity contribution in [1.29, 1.82) is 0 Å². The number of nitrogens with one attached hydrogen (secondary N) is 2. The van der Waals surface area contributed by atoms with Crippen LogP contribution in [0.5, 0.6) is 0 Å². The van der Waals surface area contributed by atoms with Gasteiger partial charge < -0.3 is 19.8 Å².